The first kappa shape index (κ1) is 21.5. The van der Waals surface area contributed by atoms with Crippen LogP contribution in [0.1, 0.15) is 55.2 Å². The van der Waals surface area contributed by atoms with Gasteiger partial charge in [-0.3, -0.25) is 9.48 Å². The fourth-order valence-corrected chi connectivity index (χ4v) is 3.79. The van der Waals surface area contributed by atoms with Crippen LogP contribution in [0.25, 0.3) is 0 Å². The van der Waals surface area contributed by atoms with Crippen molar-refractivity contribution >= 4 is 18.3 Å². The number of amides is 1. The van der Waals surface area contributed by atoms with E-state index in [1.54, 1.807) is 0 Å². The van der Waals surface area contributed by atoms with Crippen LogP contribution in [0.3, 0.4) is 0 Å². The van der Waals surface area contributed by atoms with Crippen LogP contribution >= 0.6 is 12.4 Å². The highest BCUT2D eigenvalue weighted by molar-refractivity contribution is 5.92. The van der Waals surface area contributed by atoms with Crippen LogP contribution in [0.5, 0.6) is 0 Å². The Labute approximate surface area is 168 Å². The standard InChI is InChI=1S/C21H30N4O.ClH/c1-3-18(15-17-9-6-5-7-10-17)24(4-2)21(26)20-12-14-25(23-20)19-11-8-13-22-16-19;/h5-7,9-10,12,14,18-19,22H,3-4,8,11,13,15-16H2,1-2H3;1H. The third kappa shape index (κ3) is 5.33. The molecule has 1 N–H and O–H groups in total. The summed E-state index contributed by atoms with van der Waals surface area (Å²) in [6.45, 7) is 6.90. The van der Waals surface area contributed by atoms with Crippen molar-refractivity contribution in [1.29, 1.82) is 0 Å². The molecule has 5 nitrogen and oxygen atoms in total. The second-order valence-electron chi connectivity index (χ2n) is 7.02. The number of hydrogen-bond donors (Lipinski definition) is 1. The van der Waals surface area contributed by atoms with E-state index in [9.17, 15) is 4.79 Å². The van der Waals surface area contributed by atoms with E-state index in [4.69, 9.17) is 0 Å². The number of nitrogens with one attached hydrogen (secondary N) is 1. The average Bonchev–Trinajstić information content (AvgIpc) is 3.19. The van der Waals surface area contributed by atoms with Gasteiger partial charge in [0.25, 0.3) is 5.91 Å². The van der Waals surface area contributed by atoms with Crippen LogP contribution in [-0.2, 0) is 6.42 Å². The number of nitrogens with zero attached hydrogens (tertiary/aromatic N) is 3. The van der Waals surface area contributed by atoms with Crippen LogP contribution in [0.2, 0.25) is 0 Å². The molecular weight excluding hydrogens is 360 g/mol. The number of carbonyl (C=O) groups is 1. The van der Waals surface area contributed by atoms with Gasteiger partial charge in [0.15, 0.2) is 0 Å². The summed E-state index contributed by atoms with van der Waals surface area (Å²) < 4.78 is 1.96. The van der Waals surface area contributed by atoms with Crippen molar-refractivity contribution in [3.63, 3.8) is 0 Å². The number of hydrogen-bond acceptors (Lipinski definition) is 3. The molecule has 2 aromatic rings. The van der Waals surface area contributed by atoms with Gasteiger partial charge in [0, 0.05) is 25.3 Å². The summed E-state index contributed by atoms with van der Waals surface area (Å²) in [5.74, 6) is 0.0396. The number of piperidine rings is 1. The van der Waals surface area contributed by atoms with Gasteiger partial charge in [-0.1, -0.05) is 37.3 Å². The van der Waals surface area contributed by atoms with E-state index in [-0.39, 0.29) is 24.4 Å². The van der Waals surface area contributed by atoms with Gasteiger partial charge < -0.3 is 10.2 Å². The van der Waals surface area contributed by atoms with Crippen LogP contribution in [-0.4, -0.2) is 46.3 Å². The Morgan fingerprint density at radius 1 is 1.30 bits per heavy atom. The Balaban J connectivity index is 0.00000261. The number of rotatable bonds is 7. The molecule has 1 aromatic heterocycles. The number of aromatic nitrogens is 2. The second kappa shape index (κ2) is 10.5. The molecule has 1 aliphatic heterocycles. The molecule has 0 bridgehead atoms. The van der Waals surface area contributed by atoms with Crippen LogP contribution in [0.4, 0.5) is 0 Å². The quantitative estimate of drug-likeness (QED) is 0.783. The first-order valence-electron chi connectivity index (χ1n) is 9.83. The minimum atomic E-state index is 0. The lowest BCUT2D eigenvalue weighted by Crippen LogP contribution is -2.41. The zero-order valence-electron chi connectivity index (χ0n) is 16.3. The van der Waals surface area contributed by atoms with Gasteiger partial charge in [0.2, 0.25) is 0 Å². The van der Waals surface area contributed by atoms with Gasteiger partial charge >= 0.3 is 0 Å². The van der Waals surface area contributed by atoms with E-state index >= 15 is 0 Å². The summed E-state index contributed by atoms with van der Waals surface area (Å²) in [6, 6.07) is 12.8. The molecule has 3 rings (SSSR count). The summed E-state index contributed by atoms with van der Waals surface area (Å²) in [5.41, 5.74) is 1.83. The summed E-state index contributed by atoms with van der Waals surface area (Å²) in [6.07, 6.45) is 6.04. The number of carbonyl (C=O) groups excluding carboxylic acids is 1. The first-order valence-corrected chi connectivity index (χ1v) is 9.83. The SMILES string of the molecule is CCC(Cc1ccccc1)N(CC)C(=O)c1ccn(C2CCCNC2)n1.Cl. The van der Waals surface area contributed by atoms with E-state index < -0.39 is 0 Å². The molecule has 148 valence electrons. The maximum atomic E-state index is 13.1. The Kier molecular flexibility index (Phi) is 8.32. The Bertz CT molecular complexity index is 697. The molecule has 1 saturated heterocycles. The van der Waals surface area contributed by atoms with E-state index in [0.717, 1.165) is 38.8 Å². The topological polar surface area (TPSA) is 50.2 Å². The minimum Gasteiger partial charge on any atom is -0.334 e. The highest BCUT2D eigenvalue weighted by Gasteiger charge is 2.25. The predicted octanol–water partition coefficient (Wildman–Crippen LogP) is 3.71. The third-order valence-electron chi connectivity index (χ3n) is 5.30. The lowest BCUT2D eigenvalue weighted by Gasteiger charge is -2.30. The molecule has 1 aromatic carbocycles. The average molecular weight is 391 g/mol. The van der Waals surface area contributed by atoms with Crippen molar-refractivity contribution in [3.05, 3.63) is 53.9 Å². The monoisotopic (exact) mass is 390 g/mol. The van der Waals surface area contributed by atoms with E-state index in [2.05, 4.69) is 41.6 Å². The highest BCUT2D eigenvalue weighted by atomic mass is 35.5. The first-order chi connectivity index (χ1) is 12.7. The molecule has 6 heteroatoms. The Hall–Kier alpha value is -1.85. The zero-order chi connectivity index (χ0) is 18.4. The molecule has 1 fully saturated rings. The molecule has 0 aliphatic carbocycles. The van der Waals surface area contributed by atoms with E-state index in [0.29, 0.717) is 18.3 Å². The van der Waals surface area contributed by atoms with Crippen molar-refractivity contribution in [2.45, 2.75) is 51.6 Å². The maximum Gasteiger partial charge on any atom is 0.274 e. The van der Waals surface area contributed by atoms with Crippen molar-refractivity contribution in [3.8, 4) is 0 Å². The highest BCUT2D eigenvalue weighted by Crippen LogP contribution is 2.18. The molecule has 2 unspecified atom stereocenters. The normalized spacial score (nSPS) is 17.8. The Morgan fingerprint density at radius 2 is 2.07 bits per heavy atom. The van der Waals surface area contributed by atoms with Crippen LogP contribution < -0.4 is 5.32 Å². The molecule has 0 saturated carbocycles. The van der Waals surface area contributed by atoms with E-state index in [1.165, 1.54) is 5.56 Å². The van der Waals surface area contributed by atoms with Crippen LogP contribution in [0.15, 0.2) is 42.6 Å². The molecule has 1 aliphatic rings. The van der Waals surface area contributed by atoms with Gasteiger partial charge in [0.1, 0.15) is 5.69 Å². The minimum absolute atomic E-state index is 0. The number of likely N-dealkylation sites (N-methyl/N-ethyl adjacent to an activating group) is 1. The summed E-state index contributed by atoms with van der Waals surface area (Å²) >= 11 is 0. The van der Waals surface area contributed by atoms with Crippen molar-refractivity contribution in [1.82, 2.24) is 20.0 Å². The third-order valence-corrected chi connectivity index (χ3v) is 5.30. The van der Waals surface area contributed by atoms with Crippen molar-refractivity contribution < 1.29 is 4.79 Å². The van der Waals surface area contributed by atoms with Crippen molar-refractivity contribution in [2.75, 3.05) is 19.6 Å². The summed E-state index contributed by atoms with van der Waals surface area (Å²) in [5, 5.41) is 8.02. The number of benzene rings is 1. The largest absolute Gasteiger partial charge is 0.334 e. The molecule has 2 heterocycles. The molecule has 0 spiro atoms. The maximum absolute atomic E-state index is 13.1. The fraction of sp³-hybridized carbons (Fsp3) is 0.524. The second-order valence-corrected chi connectivity index (χ2v) is 7.02. The molecule has 27 heavy (non-hydrogen) atoms. The molecule has 2 atom stereocenters. The fourth-order valence-electron chi connectivity index (χ4n) is 3.79. The predicted molar refractivity (Wildman–Crippen MR) is 112 cm³/mol. The molecule has 1 amide bonds. The van der Waals surface area contributed by atoms with Gasteiger partial charge in [0.05, 0.1) is 6.04 Å². The smallest absolute Gasteiger partial charge is 0.274 e. The Morgan fingerprint density at radius 3 is 2.70 bits per heavy atom. The van der Waals surface area contributed by atoms with Gasteiger partial charge in [-0.25, -0.2) is 0 Å². The van der Waals surface area contributed by atoms with E-state index in [1.807, 2.05) is 34.8 Å². The number of halogens is 1. The van der Waals surface area contributed by atoms with Gasteiger partial charge in [-0.05, 0) is 50.8 Å². The summed E-state index contributed by atoms with van der Waals surface area (Å²) in [4.78, 5) is 15.1. The molecular formula is C21H31ClN4O. The van der Waals surface area contributed by atoms with Gasteiger partial charge in [-0.15, -0.1) is 12.4 Å². The lowest BCUT2D eigenvalue weighted by molar-refractivity contribution is 0.0676. The van der Waals surface area contributed by atoms with Crippen molar-refractivity contribution in [2.24, 2.45) is 0 Å². The molecule has 0 radical (unpaired) electrons. The van der Waals surface area contributed by atoms with Gasteiger partial charge in [-0.2, -0.15) is 5.10 Å². The lowest BCUT2D eigenvalue weighted by atomic mass is 10.0. The van der Waals surface area contributed by atoms with Crippen LogP contribution in [0, 0.1) is 0 Å². The summed E-state index contributed by atoms with van der Waals surface area (Å²) in [7, 11) is 0. The zero-order valence-corrected chi connectivity index (χ0v) is 17.1.